The summed E-state index contributed by atoms with van der Waals surface area (Å²) in [6.45, 7) is 6.65. The molecule has 1 N–H and O–H groups in total. The number of ether oxygens (including phenoxy) is 3. The van der Waals surface area contributed by atoms with E-state index in [0.29, 0.717) is 6.10 Å². The van der Waals surface area contributed by atoms with E-state index in [1.54, 1.807) is 7.11 Å². The van der Waals surface area contributed by atoms with E-state index in [1.807, 2.05) is 26.0 Å². The third-order valence-corrected chi connectivity index (χ3v) is 3.32. The third kappa shape index (κ3) is 4.39. The number of hydrogen-bond acceptors (Lipinski definition) is 4. The van der Waals surface area contributed by atoms with Crippen LogP contribution >= 0.6 is 0 Å². The van der Waals surface area contributed by atoms with E-state index in [0.717, 1.165) is 37.6 Å². The molecule has 1 aliphatic rings. The van der Waals surface area contributed by atoms with E-state index >= 15 is 0 Å². The molecule has 1 saturated heterocycles. The smallest absolute Gasteiger partial charge is 0.161 e. The molecule has 1 aliphatic heterocycles. The van der Waals surface area contributed by atoms with Crippen LogP contribution in [-0.2, 0) is 11.3 Å². The Morgan fingerprint density at radius 3 is 2.85 bits per heavy atom. The van der Waals surface area contributed by atoms with Crippen LogP contribution in [-0.4, -0.2) is 32.5 Å². The number of rotatable bonds is 7. The maximum Gasteiger partial charge on any atom is 0.161 e. The Balaban J connectivity index is 1.87. The first-order valence-corrected chi connectivity index (χ1v) is 7.35. The number of nitrogens with one attached hydrogen (secondary N) is 1. The Morgan fingerprint density at radius 2 is 2.20 bits per heavy atom. The van der Waals surface area contributed by atoms with E-state index in [1.165, 1.54) is 12.0 Å². The Bertz CT molecular complexity index is 414. The van der Waals surface area contributed by atoms with Crippen LogP contribution in [0.3, 0.4) is 0 Å². The molecule has 0 bridgehead atoms. The fraction of sp³-hybridized carbons (Fsp3) is 0.625. The first kappa shape index (κ1) is 15.1. The van der Waals surface area contributed by atoms with Crippen LogP contribution in [0.5, 0.6) is 11.5 Å². The Labute approximate surface area is 121 Å². The van der Waals surface area contributed by atoms with Gasteiger partial charge in [0.25, 0.3) is 0 Å². The van der Waals surface area contributed by atoms with Crippen LogP contribution in [0.2, 0.25) is 0 Å². The fourth-order valence-corrected chi connectivity index (χ4v) is 2.36. The largest absolute Gasteiger partial charge is 0.493 e. The van der Waals surface area contributed by atoms with Gasteiger partial charge >= 0.3 is 0 Å². The van der Waals surface area contributed by atoms with Crippen LogP contribution in [0.1, 0.15) is 32.3 Å². The van der Waals surface area contributed by atoms with Gasteiger partial charge in [-0.1, -0.05) is 6.07 Å². The maximum absolute atomic E-state index is 5.71. The highest BCUT2D eigenvalue weighted by molar-refractivity contribution is 5.43. The summed E-state index contributed by atoms with van der Waals surface area (Å²) in [6.07, 6.45) is 2.87. The first-order valence-electron chi connectivity index (χ1n) is 7.35. The summed E-state index contributed by atoms with van der Waals surface area (Å²) >= 11 is 0. The molecule has 0 amide bonds. The minimum absolute atomic E-state index is 0.146. The summed E-state index contributed by atoms with van der Waals surface area (Å²) in [6, 6.07) is 6.07. The molecule has 1 aromatic carbocycles. The monoisotopic (exact) mass is 279 g/mol. The van der Waals surface area contributed by atoms with E-state index in [2.05, 4.69) is 11.4 Å². The first-order chi connectivity index (χ1) is 9.69. The van der Waals surface area contributed by atoms with Crippen LogP contribution in [0.15, 0.2) is 18.2 Å². The van der Waals surface area contributed by atoms with Crippen LogP contribution in [0.25, 0.3) is 0 Å². The van der Waals surface area contributed by atoms with Gasteiger partial charge in [0.1, 0.15) is 0 Å². The van der Waals surface area contributed by atoms with Crippen molar-refractivity contribution in [2.75, 3.05) is 20.3 Å². The fourth-order valence-electron chi connectivity index (χ4n) is 2.36. The van der Waals surface area contributed by atoms with Gasteiger partial charge in [0.05, 0.1) is 19.3 Å². The second kappa shape index (κ2) is 7.50. The number of hydrogen-bond donors (Lipinski definition) is 1. The molecule has 0 aliphatic carbocycles. The molecule has 0 saturated carbocycles. The highest BCUT2D eigenvalue weighted by Gasteiger charge is 2.14. The lowest BCUT2D eigenvalue weighted by Gasteiger charge is -2.15. The second-order valence-corrected chi connectivity index (χ2v) is 5.42. The molecule has 1 heterocycles. The molecule has 2 rings (SSSR count). The van der Waals surface area contributed by atoms with Gasteiger partial charge in [0.2, 0.25) is 0 Å². The molecule has 112 valence electrons. The standard InChI is InChI=1S/C16H25NO3/c1-12(2)20-15-7-6-13(9-16(15)18-3)10-17-11-14-5-4-8-19-14/h6-7,9,12,14,17H,4-5,8,10-11H2,1-3H3. The van der Waals surface area contributed by atoms with Gasteiger partial charge in [0.15, 0.2) is 11.5 Å². The Hall–Kier alpha value is -1.26. The third-order valence-electron chi connectivity index (χ3n) is 3.32. The molecule has 20 heavy (non-hydrogen) atoms. The molecular weight excluding hydrogens is 254 g/mol. The predicted molar refractivity (Wildman–Crippen MR) is 79.4 cm³/mol. The molecule has 1 atom stereocenters. The van der Waals surface area contributed by atoms with Crippen molar-refractivity contribution in [1.29, 1.82) is 0 Å². The lowest BCUT2D eigenvalue weighted by atomic mass is 10.2. The zero-order valence-corrected chi connectivity index (χ0v) is 12.6. The zero-order valence-electron chi connectivity index (χ0n) is 12.6. The van der Waals surface area contributed by atoms with Crippen molar-refractivity contribution in [3.8, 4) is 11.5 Å². The summed E-state index contributed by atoms with van der Waals surface area (Å²) < 4.78 is 16.7. The molecule has 0 radical (unpaired) electrons. The normalized spacial score (nSPS) is 18.5. The lowest BCUT2D eigenvalue weighted by Crippen LogP contribution is -2.25. The van der Waals surface area contributed by atoms with Crippen molar-refractivity contribution in [3.63, 3.8) is 0 Å². The van der Waals surface area contributed by atoms with Crippen LogP contribution in [0, 0.1) is 0 Å². The van der Waals surface area contributed by atoms with Crippen molar-refractivity contribution in [2.24, 2.45) is 0 Å². The van der Waals surface area contributed by atoms with E-state index in [4.69, 9.17) is 14.2 Å². The molecule has 1 aromatic rings. The average Bonchev–Trinajstić information content (AvgIpc) is 2.93. The van der Waals surface area contributed by atoms with Crippen LogP contribution < -0.4 is 14.8 Å². The molecule has 0 aromatic heterocycles. The molecule has 0 spiro atoms. The molecule has 1 fully saturated rings. The molecule has 1 unspecified atom stereocenters. The van der Waals surface area contributed by atoms with Crippen molar-refractivity contribution in [2.45, 2.75) is 45.4 Å². The molecular formula is C16H25NO3. The number of benzene rings is 1. The van der Waals surface area contributed by atoms with E-state index < -0.39 is 0 Å². The van der Waals surface area contributed by atoms with Gasteiger partial charge in [-0.3, -0.25) is 0 Å². The summed E-state index contributed by atoms with van der Waals surface area (Å²) in [4.78, 5) is 0. The zero-order chi connectivity index (χ0) is 14.4. The minimum Gasteiger partial charge on any atom is -0.493 e. The van der Waals surface area contributed by atoms with Crippen LogP contribution in [0.4, 0.5) is 0 Å². The minimum atomic E-state index is 0.146. The van der Waals surface area contributed by atoms with E-state index in [-0.39, 0.29) is 6.10 Å². The van der Waals surface area contributed by atoms with Crippen molar-refractivity contribution in [3.05, 3.63) is 23.8 Å². The summed E-state index contributed by atoms with van der Waals surface area (Å²) in [5.74, 6) is 1.58. The summed E-state index contributed by atoms with van der Waals surface area (Å²) in [7, 11) is 1.67. The van der Waals surface area contributed by atoms with Crippen molar-refractivity contribution >= 4 is 0 Å². The lowest BCUT2D eigenvalue weighted by molar-refractivity contribution is 0.110. The summed E-state index contributed by atoms with van der Waals surface area (Å²) in [5.41, 5.74) is 1.19. The quantitative estimate of drug-likeness (QED) is 0.833. The molecule has 4 heteroatoms. The topological polar surface area (TPSA) is 39.7 Å². The highest BCUT2D eigenvalue weighted by atomic mass is 16.5. The van der Waals surface area contributed by atoms with Gasteiger partial charge in [0, 0.05) is 19.7 Å². The number of methoxy groups -OCH3 is 1. The van der Waals surface area contributed by atoms with E-state index in [9.17, 15) is 0 Å². The summed E-state index contributed by atoms with van der Waals surface area (Å²) in [5, 5.41) is 3.43. The Morgan fingerprint density at radius 1 is 1.35 bits per heavy atom. The van der Waals surface area contributed by atoms with Gasteiger partial charge in [-0.15, -0.1) is 0 Å². The molecule has 4 nitrogen and oxygen atoms in total. The van der Waals surface area contributed by atoms with Crippen molar-refractivity contribution in [1.82, 2.24) is 5.32 Å². The average molecular weight is 279 g/mol. The van der Waals surface area contributed by atoms with Gasteiger partial charge < -0.3 is 19.5 Å². The second-order valence-electron chi connectivity index (χ2n) is 5.42. The predicted octanol–water partition coefficient (Wildman–Crippen LogP) is 2.75. The SMILES string of the molecule is COc1cc(CNCC2CCCO2)ccc1OC(C)C. The highest BCUT2D eigenvalue weighted by Crippen LogP contribution is 2.28. The van der Waals surface area contributed by atoms with Crippen molar-refractivity contribution < 1.29 is 14.2 Å². The van der Waals surface area contributed by atoms with Gasteiger partial charge in [-0.05, 0) is 44.4 Å². The van der Waals surface area contributed by atoms with Gasteiger partial charge in [-0.25, -0.2) is 0 Å². The van der Waals surface area contributed by atoms with Gasteiger partial charge in [-0.2, -0.15) is 0 Å². The Kier molecular flexibility index (Phi) is 5.68. The maximum atomic E-state index is 5.71.